The molecule has 5 rings (SSSR count). The fourth-order valence-electron chi connectivity index (χ4n) is 4.08. The molecule has 0 spiro atoms. The summed E-state index contributed by atoms with van der Waals surface area (Å²) in [5.74, 6) is 0.952. The van der Waals surface area contributed by atoms with Crippen molar-refractivity contribution in [1.29, 1.82) is 0 Å². The molecule has 9 heteroatoms. The molecular formula is C21H21FN6O2. The van der Waals surface area contributed by atoms with E-state index >= 15 is 0 Å². The molecular weight excluding hydrogens is 387 g/mol. The van der Waals surface area contributed by atoms with Crippen LogP contribution in [0.2, 0.25) is 0 Å². The number of anilines is 2. The van der Waals surface area contributed by atoms with Gasteiger partial charge in [0.15, 0.2) is 17.5 Å². The standard InChI is InChI=1S/C21H21FN6O2/c1-12-8-15(19-23-4-5-24-19)16(22)9-14(12)17-10-25-20-21(26-17)28(11-18(29)27-20)13-2-6-30-7-3-13/h4,8-10,13H,2-3,5-7,11H2,1H3,(H,25,27,29). The first-order chi connectivity index (χ1) is 14.6. The lowest BCUT2D eigenvalue weighted by Gasteiger charge is -2.37. The predicted octanol–water partition coefficient (Wildman–Crippen LogP) is 2.36. The summed E-state index contributed by atoms with van der Waals surface area (Å²) in [6, 6.07) is 3.36. The van der Waals surface area contributed by atoms with Gasteiger partial charge in [0.25, 0.3) is 0 Å². The van der Waals surface area contributed by atoms with Crippen molar-refractivity contribution in [3.8, 4) is 11.3 Å². The minimum absolute atomic E-state index is 0.111. The van der Waals surface area contributed by atoms with Gasteiger partial charge in [-0.2, -0.15) is 0 Å². The number of benzene rings is 1. The highest BCUT2D eigenvalue weighted by Gasteiger charge is 2.31. The molecule has 1 fully saturated rings. The predicted molar refractivity (Wildman–Crippen MR) is 112 cm³/mol. The third-order valence-electron chi connectivity index (χ3n) is 5.60. The Labute approximate surface area is 172 Å². The second-order valence-electron chi connectivity index (χ2n) is 7.57. The van der Waals surface area contributed by atoms with Gasteiger partial charge in [-0.1, -0.05) is 0 Å². The van der Waals surface area contributed by atoms with Gasteiger partial charge in [-0.3, -0.25) is 9.79 Å². The van der Waals surface area contributed by atoms with E-state index < -0.39 is 5.82 Å². The lowest BCUT2D eigenvalue weighted by Crippen LogP contribution is -2.47. The van der Waals surface area contributed by atoms with Crippen LogP contribution < -0.4 is 10.2 Å². The first-order valence-corrected chi connectivity index (χ1v) is 9.99. The molecule has 0 bridgehead atoms. The zero-order valence-corrected chi connectivity index (χ0v) is 16.6. The molecule has 0 unspecified atom stereocenters. The summed E-state index contributed by atoms with van der Waals surface area (Å²) in [6.07, 6.45) is 4.87. The molecule has 30 heavy (non-hydrogen) atoms. The van der Waals surface area contributed by atoms with Crippen LogP contribution in [0, 0.1) is 12.7 Å². The number of nitrogens with one attached hydrogen (secondary N) is 1. The van der Waals surface area contributed by atoms with Gasteiger partial charge in [0.1, 0.15) is 5.82 Å². The molecule has 0 radical (unpaired) electrons. The number of carbonyl (C=O) groups excluding carboxylic acids is 1. The largest absolute Gasteiger partial charge is 0.381 e. The highest BCUT2D eigenvalue weighted by Crippen LogP contribution is 2.33. The maximum Gasteiger partial charge on any atom is 0.245 e. The minimum atomic E-state index is -0.400. The van der Waals surface area contributed by atoms with E-state index in [9.17, 15) is 9.18 Å². The van der Waals surface area contributed by atoms with Crippen molar-refractivity contribution in [3.63, 3.8) is 0 Å². The number of aliphatic imine (C=N–C) groups is 2. The number of fused-ring (bicyclic) bond motifs is 1. The molecule has 8 nitrogen and oxygen atoms in total. The summed E-state index contributed by atoms with van der Waals surface area (Å²) in [5.41, 5.74) is 2.44. The average molecular weight is 408 g/mol. The summed E-state index contributed by atoms with van der Waals surface area (Å²) in [4.78, 5) is 31.7. The van der Waals surface area contributed by atoms with Gasteiger partial charge in [-0.25, -0.2) is 19.4 Å². The maximum atomic E-state index is 14.8. The molecule has 1 saturated heterocycles. The maximum absolute atomic E-state index is 14.8. The number of rotatable bonds is 3. The number of amidine groups is 1. The topological polar surface area (TPSA) is 92.1 Å². The van der Waals surface area contributed by atoms with E-state index in [0.717, 1.165) is 18.4 Å². The number of amides is 1. The molecule has 4 heterocycles. The Morgan fingerprint density at radius 3 is 2.83 bits per heavy atom. The number of hydrogen-bond donors (Lipinski definition) is 1. The van der Waals surface area contributed by atoms with E-state index in [-0.39, 0.29) is 18.5 Å². The van der Waals surface area contributed by atoms with Gasteiger partial charge in [0.05, 0.1) is 30.5 Å². The van der Waals surface area contributed by atoms with E-state index in [1.807, 2.05) is 11.8 Å². The minimum Gasteiger partial charge on any atom is -0.381 e. The molecule has 154 valence electrons. The van der Waals surface area contributed by atoms with Gasteiger partial charge in [0.2, 0.25) is 5.91 Å². The Morgan fingerprint density at radius 2 is 2.07 bits per heavy atom. The van der Waals surface area contributed by atoms with Crippen LogP contribution in [-0.4, -0.2) is 60.3 Å². The summed E-state index contributed by atoms with van der Waals surface area (Å²) < 4.78 is 20.3. The molecule has 1 aromatic heterocycles. The second-order valence-corrected chi connectivity index (χ2v) is 7.57. The number of hydrogen-bond acceptors (Lipinski definition) is 7. The summed E-state index contributed by atoms with van der Waals surface area (Å²) in [5, 5.41) is 2.79. The van der Waals surface area contributed by atoms with E-state index in [4.69, 9.17) is 9.72 Å². The second kappa shape index (κ2) is 7.56. The van der Waals surface area contributed by atoms with Gasteiger partial charge >= 0.3 is 0 Å². The molecule has 3 aliphatic rings. The van der Waals surface area contributed by atoms with Crippen LogP contribution in [0.3, 0.4) is 0 Å². The van der Waals surface area contributed by atoms with E-state index in [0.29, 0.717) is 54.1 Å². The van der Waals surface area contributed by atoms with Crippen LogP contribution in [0.25, 0.3) is 11.3 Å². The molecule has 1 N–H and O–H groups in total. The third-order valence-corrected chi connectivity index (χ3v) is 5.60. The summed E-state index contributed by atoms with van der Waals surface area (Å²) >= 11 is 0. The third kappa shape index (κ3) is 3.35. The van der Waals surface area contributed by atoms with Crippen LogP contribution in [0.15, 0.2) is 28.3 Å². The molecule has 3 aliphatic heterocycles. The normalized spacial score (nSPS) is 18.9. The van der Waals surface area contributed by atoms with Crippen LogP contribution in [-0.2, 0) is 9.53 Å². The molecule has 1 amide bonds. The molecule has 0 aliphatic carbocycles. The Kier molecular flexibility index (Phi) is 4.74. The van der Waals surface area contributed by atoms with E-state index in [2.05, 4.69) is 20.3 Å². The van der Waals surface area contributed by atoms with Crippen molar-refractivity contribution in [2.24, 2.45) is 9.98 Å². The van der Waals surface area contributed by atoms with Gasteiger partial charge in [0, 0.05) is 31.0 Å². The Bertz CT molecular complexity index is 1080. The number of carbonyl (C=O) groups is 1. The zero-order valence-electron chi connectivity index (χ0n) is 16.6. The number of nitrogens with zero attached hydrogens (tertiary/aromatic N) is 5. The van der Waals surface area contributed by atoms with Crippen LogP contribution >= 0.6 is 0 Å². The monoisotopic (exact) mass is 408 g/mol. The highest BCUT2D eigenvalue weighted by molar-refractivity contribution is 6.06. The van der Waals surface area contributed by atoms with E-state index in [1.54, 1.807) is 18.5 Å². The fraction of sp³-hybridized carbons (Fsp3) is 0.381. The summed E-state index contributed by atoms with van der Waals surface area (Å²) in [6.45, 7) is 3.91. The first-order valence-electron chi connectivity index (χ1n) is 9.99. The zero-order chi connectivity index (χ0) is 20.7. The lowest BCUT2D eigenvalue weighted by atomic mass is 10.0. The first kappa shape index (κ1) is 18.8. The average Bonchev–Trinajstić information content (AvgIpc) is 3.29. The van der Waals surface area contributed by atoms with E-state index in [1.165, 1.54) is 6.07 Å². The SMILES string of the molecule is Cc1cc(C2=NCC=N2)c(F)cc1-c1cnc2c(n1)N(C1CCOCC1)CC(=O)N2. The summed E-state index contributed by atoms with van der Waals surface area (Å²) in [7, 11) is 0. The smallest absolute Gasteiger partial charge is 0.245 e. The van der Waals surface area contributed by atoms with Crippen LogP contribution in [0.5, 0.6) is 0 Å². The van der Waals surface area contributed by atoms with Gasteiger partial charge in [-0.15, -0.1) is 0 Å². The van der Waals surface area contributed by atoms with Crippen molar-refractivity contribution >= 4 is 29.6 Å². The van der Waals surface area contributed by atoms with Gasteiger partial charge in [-0.05, 0) is 37.5 Å². The van der Waals surface area contributed by atoms with Crippen molar-refractivity contribution < 1.29 is 13.9 Å². The molecule has 0 atom stereocenters. The Hall–Kier alpha value is -3.20. The molecule has 1 aromatic carbocycles. The number of aryl methyl sites for hydroxylation is 1. The van der Waals surface area contributed by atoms with Gasteiger partial charge < -0.3 is 15.0 Å². The van der Waals surface area contributed by atoms with Crippen molar-refractivity contribution in [2.75, 3.05) is 36.5 Å². The number of aromatic nitrogens is 2. The quantitative estimate of drug-likeness (QED) is 0.842. The van der Waals surface area contributed by atoms with Crippen molar-refractivity contribution in [2.45, 2.75) is 25.8 Å². The number of ether oxygens (including phenoxy) is 1. The number of halogens is 1. The van der Waals surface area contributed by atoms with Crippen LogP contribution in [0.1, 0.15) is 24.0 Å². The Morgan fingerprint density at radius 1 is 1.23 bits per heavy atom. The van der Waals surface area contributed by atoms with Crippen molar-refractivity contribution in [1.82, 2.24) is 9.97 Å². The fourth-order valence-corrected chi connectivity index (χ4v) is 4.08. The Balaban J connectivity index is 1.54. The molecule has 0 saturated carbocycles. The molecule has 2 aromatic rings. The lowest BCUT2D eigenvalue weighted by molar-refractivity contribution is -0.115. The van der Waals surface area contributed by atoms with Crippen LogP contribution in [0.4, 0.5) is 16.0 Å². The van der Waals surface area contributed by atoms with Crippen molar-refractivity contribution in [3.05, 3.63) is 35.3 Å². The highest BCUT2D eigenvalue weighted by atomic mass is 19.1.